The first-order valence-electron chi connectivity index (χ1n) is 6.52. The van der Waals surface area contributed by atoms with Crippen LogP contribution in [0.1, 0.15) is 11.3 Å². The lowest BCUT2D eigenvalue weighted by Crippen LogP contribution is -2.27. The van der Waals surface area contributed by atoms with Crippen LogP contribution in [0.25, 0.3) is 0 Å². The van der Waals surface area contributed by atoms with Crippen LogP contribution in [0.4, 0.5) is 5.95 Å². The highest BCUT2D eigenvalue weighted by Gasteiger charge is 2.11. The number of aryl methyl sites for hydroxylation is 1. The fraction of sp³-hybridized carbons (Fsp3) is 0.333. The van der Waals surface area contributed by atoms with Gasteiger partial charge in [0.05, 0.1) is 19.8 Å². The molecular formula is C15H19N3O2. The van der Waals surface area contributed by atoms with Gasteiger partial charge in [0.1, 0.15) is 0 Å². The normalized spacial score (nSPS) is 11.9. The maximum absolute atomic E-state index is 9.50. The van der Waals surface area contributed by atoms with Crippen LogP contribution < -0.4 is 10.1 Å². The predicted molar refractivity (Wildman–Crippen MR) is 78.0 cm³/mol. The molecule has 0 aliphatic rings. The first kappa shape index (κ1) is 14.3. The zero-order chi connectivity index (χ0) is 14.4. The molecule has 1 aromatic heterocycles. The number of nitrogens with zero attached hydrogens (tertiary/aromatic N) is 2. The molecule has 1 atom stereocenters. The maximum Gasteiger partial charge on any atom is 0.226 e. The van der Waals surface area contributed by atoms with E-state index in [1.54, 1.807) is 13.2 Å². The molecule has 1 heterocycles. The third-order valence-electron chi connectivity index (χ3n) is 2.92. The standard InChI is InChI=1S/C15H19N3O2/c1-11-8-14(20-2)18-15(16-11)17-13(10-19)9-12-6-4-3-5-7-12/h3-8,13,19H,9-10H2,1-2H3,(H,16,17,18). The summed E-state index contributed by atoms with van der Waals surface area (Å²) < 4.78 is 5.12. The molecule has 0 radical (unpaired) electrons. The topological polar surface area (TPSA) is 67.3 Å². The summed E-state index contributed by atoms with van der Waals surface area (Å²) >= 11 is 0. The lowest BCUT2D eigenvalue weighted by Gasteiger charge is -2.17. The molecule has 0 bridgehead atoms. The first-order valence-corrected chi connectivity index (χ1v) is 6.52. The summed E-state index contributed by atoms with van der Waals surface area (Å²) in [6, 6.07) is 11.6. The van der Waals surface area contributed by atoms with Gasteiger partial charge >= 0.3 is 0 Å². The largest absolute Gasteiger partial charge is 0.481 e. The summed E-state index contributed by atoms with van der Waals surface area (Å²) in [5.41, 5.74) is 1.97. The van der Waals surface area contributed by atoms with Gasteiger partial charge in [-0.3, -0.25) is 0 Å². The molecule has 5 nitrogen and oxygen atoms in total. The van der Waals surface area contributed by atoms with E-state index in [4.69, 9.17) is 4.74 Å². The van der Waals surface area contributed by atoms with Crippen LogP contribution in [0.15, 0.2) is 36.4 Å². The third kappa shape index (κ3) is 3.93. The molecule has 2 rings (SSSR count). The summed E-state index contributed by atoms with van der Waals surface area (Å²) in [4.78, 5) is 8.52. The molecule has 106 valence electrons. The smallest absolute Gasteiger partial charge is 0.226 e. The summed E-state index contributed by atoms with van der Waals surface area (Å²) in [5.74, 6) is 0.980. The molecule has 0 aliphatic carbocycles. The number of aliphatic hydroxyl groups excluding tert-OH is 1. The van der Waals surface area contributed by atoms with Crippen molar-refractivity contribution in [2.45, 2.75) is 19.4 Å². The molecule has 0 fully saturated rings. The number of benzene rings is 1. The van der Waals surface area contributed by atoms with E-state index in [0.717, 1.165) is 11.3 Å². The Labute approximate surface area is 118 Å². The van der Waals surface area contributed by atoms with Gasteiger partial charge < -0.3 is 15.2 Å². The number of aliphatic hydroxyl groups is 1. The Morgan fingerprint density at radius 2 is 2.00 bits per heavy atom. The highest BCUT2D eigenvalue weighted by Crippen LogP contribution is 2.13. The second-order valence-corrected chi connectivity index (χ2v) is 4.59. The van der Waals surface area contributed by atoms with Crippen LogP contribution in [-0.4, -0.2) is 34.8 Å². The Morgan fingerprint density at radius 1 is 1.25 bits per heavy atom. The third-order valence-corrected chi connectivity index (χ3v) is 2.92. The number of hydrogen-bond acceptors (Lipinski definition) is 5. The molecule has 1 unspecified atom stereocenters. The van der Waals surface area contributed by atoms with Gasteiger partial charge in [-0.25, -0.2) is 4.98 Å². The van der Waals surface area contributed by atoms with E-state index in [1.807, 2.05) is 37.3 Å². The SMILES string of the molecule is COc1cc(C)nc(NC(CO)Cc2ccccc2)n1. The van der Waals surface area contributed by atoms with Crippen molar-refractivity contribution in [1.82, 2.24) is 9.97 Å². The number of aromatic nitrogens is 2. The number of rotatable bonds is 6. The Balaban J connectivity index is 2.08. The zero-order valence-corrected chi connectivity index (χ0v) is 11.7. The molecule has 0 amide bonds. The Kier molecular flexibility index (Phi) is 4.90. The second kappa shape index (κ2) is 6.86. The van der Waals surface area contributed by atoms with Crippen LogP contribution in [0.3, 0.4) is 0 Å². The molecule has 1 aromatic carbocycles. The minimum atomic E-state index is -0.135. The first-order chi connectivity index (χ1) is 9.71. The van der Waals surface area contributed by atoms with Crippen LogP contribution in [0.2, 0.25) is 0 Å². The van der Waals surface area contributed by atoms with Gasteiger partial charge in [0.25, 0.3) is 0 Å². The number of hydrogen-bond donors (Lipinski definition) is 2. The van der Waals surface area contributed by atoms with Crippen molar-refractivity contribution in [1.29, 1.82) is 0 Å². The maximum atomic E-state index is 9.50. The number of anilines is 1. The van der Waals surface area contributed by atoms with E-state index in [-0.39, 0.29) is 12.6 Å². The zero-order valence-electron chi connectivity index (χ0n) is 11.7. The van der Waals surface area contributed by atoms with Crippen LogP contribution in [0.5, 0.6) is 5.88 Å². The second-order valence-electron chi connectivity index (χ2n) is 4.59. The molecule has 0 aliphatic heterocycles. The van der Waals surface area contributed by atoms with Gasteiger partial charge in [-0.1, -0.05) is 30.3 Å². The predicted octanol–water partition coefficient (Wildman–Crippen LogP) is 1.81. The van der Waals surface area contributed by atoms with Crippen molar-refractivity contribution in [2.75, 3.05) is 19.0 Å². The van der Waals surface area contributed by atoms with Crippen molar-refractivity contribution in [3.8, 4) is 5.88 Å². The average Bonchev–Trinajstić information content (AvgIpc) is 2.47. The summed E-state index contributed by atoms with van der Waals surface area (Å²) in [6.07, 6.45) is 0.705. The van der Waals surface area contributed by atoms with E-state index in [1.165, 1.54) is 0 Å². The highest BCUT2D eigenvalue weighted by atomic mass is 16.5. The van der Waals surface area contributed by atoms with Gasteiger partial charge in [-0.05, 0) is 18.9 Å². The monoisotopic (exact) mass is 273 g/mol. The van der Waals surface area contributed by atoms with Crippen molar-refractivity contribution >= 4 is 5.95 Å². The molecule has 2 aromatic rings. The van der Waals surface area contributed by atoms with Gasteiger partial charge in [0, 0.05) is 11.8 Å². The van der Waals surface area contributed by atoms with Gasteiger partial charge in [0.15, 0.2) is 0 Å². The number of nitrogens with one attached hydrogen (secondary N) is 1. The van der Waals surface area contributed by atoms with E-state index < -0.39 is 0 Å². The fourth-order valence-electron chi connectivity index (χ4n) is 1.95. The van der Waals surface area contributed by atoms with E-state index in [2.05, 4.69) is 15.3 Å². The molecule has 0 saturated carbocycles. The molecule has 5 heteroatoms. The quantitative estimate of drug-likeness (QED) is 0.840. The van der Waals surface area contributed by atoms with Crippen molar-refractivity contribution < 1.29 is 9.84 Å². The van der Waals surface area contributed by atoms with E-state index in [0.29, 0.717) is 18.2 Å². The summed E-state index contributed by atoms with van der Waals surface area (Å²) in [7, 11) is 1.57. The Hall–Kier alpha value is -2.14. The molecule has 20 heavy (non-hydrogen) atoms. The number of methoxy groups -OCH3 is 1. The lowest BCUT2D eigenvalue weighted by atomic mass is 10.1. The van der Waals surface area contributed by atoms with Gasteiger partial charge in [-0.2, -0.15) is 4.98 Å². The number of ether oxygens (including phenoxy) is 1. The van der Waals surface area contributed by atoms with Gasteiger partial charge in [0.2, 0.25) is 11.8 Å². The van der Waals surface area contributed by atoms with Crippen LogP contribution in [0, 0.1) is 6.92 Å². The molecule has 2 N–H and O–H groups in total. The fourth-order valence-corrected chi connectivity index (χ4v) is 1.95. The van der Waals surface area contributed by atoms with E-state index >= 15 is 0 Å². The minimum absolute atomic E-state index is 0.00844. The average molecular weight is 273 g/mol. The van der Waals surface area contributed by atoms with Gasteiger partial charge in [-0.15, -0.1) is 0 Å². The van der Waals surface area contributed by atoms with Crippen LogP contribution >= 0.6 is 0 Å². The molecular weight excluding hydrogens is 254 g/mol. The van der Waals surface area contributed by atoms with Crippen LogP contribution in [-0.2, 0) is 6.42 Å². The highest BCUT2D eigenvalue weighted by molar-refractivity contribution is 5.32. The van der Waals surface area contributed by atoms with Crippen molar-refractivity contribution in [2.24, 2.45) is 0 Å². The minimum Gasteiger partial charge on any atom is -0.481 e. The Morgan fingerprint density at radius 3 is 2.65 bits per heavy atom. The van der Waals surface area contributed by atoms with Crippen molar-refractivity contribution in [3.63, 3.8) is 0 Å². The molecule has 0 saturated heterocycles. The molecule has 0 spiro atoms. The summed E-state index contributed by atoms with van der Waals surface area (Å²) in [6.45, 7) is 1.88. The van der Waals surface area contributed by atoms with E-state index in [9.17, 15) is 5.11 Å². The summed E-state index contributed by atoms with van der Waals surface area (Å²) in [5, 5.41) is 12.6. The van der Waals surface area contributed by atoms with Crippen molar-refractivity contribution in [3.05, 3.63) is 47.7 Å². The Bertz CT molecular complexity index is 546. The lowest BCUT2D eigenvalue weighted by molar-refractivity contribution is 0.273.